The van der Waals surface area contributed by atoms with Gasteiger partial charge < -0.3 is 4.74 Å². The zero-order valence-electron chi connectivity index (χ0n) is 14.4. The van der Waals surface area contributed by atoms with Gasteiger partial charge >= 0.3 is 0 Å². The van der Waals surface area contributed by atoms with E-state index in [1.807, 2.05) is 30.3 Å². The van der Waals surface area contributed by atoms with Crippen LogP contribution in [0, 0.1) is 11.3 Å². The fourth-order valence-electron chi connectivity index (χ4n) is 2.22. The molecule has 1 heterocycles. The van der Waals surface area contributed by atoms with Crippen LogP contribution in [0.1, 0.15) is 18.1 Å². The number of ether oxygens (including phenoxy) is 1. The highest BCUT2D eigenvalue weighted by molar-refractivity contribution is 5.99. The average molecular weight is 361 g/mol. The Morgan fingerprint density at radius 1 is 1.30 bits per heavy atom. The van der Waals surface area contributed by atoms with Crippen molar-refractivity contribution < 1.29 is 9.53 Å². The summed E-state index contributed by atoms with van der Waals surface area (Å²) in [7, 11) is 0. The first-order chi connectivity index (χ1) is 13.2. The van der Waals surface area contributed by atoms with E-state index in [1.165, 1.54) is 11.0 Å². The second-order valence-corrected chi connectivity index (χ2v) is 5.43. The molecule has 1 amide bonds. The normalized spacial score (nSPS) is 10.9. The molecule has 0 unspecified atom stereocenters. The van der Waals surface area contributed by atoms with Crippen LogP contribution in [0.3, 0.4) is 0 Å². The SMILES string of the molecule is C/C(=N/NC(=O)COc1ccccc1C#N)c1cccc(-n2cnnn2)c1. The summed E-state index contributed by atoms with van der Waals surface area (Å²) in [5.74, 6) is -0.0799. The summed E-state index contributed by atoms with van der Waals surface area (Å²) >= 11 is 0. The van der Waals surface area contributed by atoms with E-state index in [1.54, 1.807) is 31.2 Å². The van der Waals surface area contributed by atoms with Gasteiger partial charge in [-0.15, -0.1) is 5.10 Å². The summed E-state index contributed by atoms with van der Waals surface area (Å²) in [6.07, 6.45) is 1.49. The largest absolute Gasteiger partial charge is 0.482 e. The van der Waals surface area contributed by atoms with Gasteiger partial charge in [0.2, 0.25) is 0 Å². The first kappa shape index (κ1) is 17.8. The number of hydrazone groups is 1. The van der Waals surface area contributed by atoms with E-state index < -0.39 is 5.91 Å². The van der Waals surface area contributed by atoms with Crippen LogP contribution in [0.2, 0.25) is 0 Å². The number of benzene rings is 2. The van der Waals surface area contributed by atoms with Gasteiger partial charge in [0, 0.05) is 0 Å². The molecule has 0 atom stereocenters. The Morgan fingerprint density at radius 3 is 2.93 bits per heavy atom. The molecule has 0 bridgehead atoms. The molecule has 0 aliphatic heterocycles. The lowest BCUT2D eigenvalue weighted by Gasteiger charge is -2.07. The van der Waals surface area contributed by atoms with Gasteiger partial charge in [-0.3, -0.25) is 4.79 Å². The zero-order chi connectivity index (χ0) is 19.1. The van der Waals surface area contributed by atoms with Crippen molar-refractivity contribution in [1.29, 1.82) is 5.26 Å². The number of nitrogens with one attached hydrogen (secondary N) is 1. The number of tetrazole rings is 1. The average Bonchev–Trinajstić information content (AvgIpc) is 3.25. The third-order valence-electron chi connectivity index (χ3n) is 3.59. The van der Waals surface area contributed by atoms with Crippen LogP contribution in [0.25, 0.3) is 5.69 Å². The van der Waals surface area contributed by atoms with E-state index in [-0.39, 0.29) is 6.61 Å². The number of amides is 1. The molecular formula is C18H15N7O2. The molecule has 0 saturated heterocycles. The number of rotatable bonds is 6. The van der Waals surface area contributed by atoms with Crippen molar-refractivity contribution >= 4 is 11.6 Å². The Labute approximate surface area is 154 Å². The standard InChI is InChI=1S/C18H15N7O2/c1-13(14-6-4-7-16(9-14)25-12-20-23-24-25)21-22-18(26)11-27-17-8-3-2-5-15(17)10-19/h2-9,12H,11H2,1H3,(H,22,26)/b21-13-. The highest BCUT2D eigenvalue weighted by Crippen LogP contribution is 2.16. The molecule has 0 aliphatic carbocycles. The van der Waals surface area contributed by atoms with Crippen LogP contribution in [0.4, 0.5) is 0 Å². The van der Waals surface area contributed by atoms with Crippen molar-refractivity contribution in [3.63, 3.8) is 0 Å². The van der Waals surface area contributed by atoms with E-state index in [4.69, 9.17) is 10.00 Å². The van der Waals surface area contributed by atoms with Crippen molar-refractivity contribution in [2.24, 2.45) is 5.10 Å². The topological polar surface area (TPSA) is 118 Å². The fraction of sp³-hybridized carbons (Fsp3) is 0.111. The van der Waals surface area contributed by atoms with Crippen LogP contribution in [-0.4, -0.2) is 38.4 Å². The maximum Gasteiger partial charge on any atom is 0.277 e. The smallest absolute Gasteiger partial charge is 0.277 e. The summed E-state index contributed by atoms with van der Waals surface area (Å²) in [5.41, 5.74) is 4.99. The molecule has 3 rings (SSSR count). The number of nitriles is 1. The molecule has 1 aromatic heterocycles. The molecule has 0 spiro atoms. The molecule has 0 saturated carbocycles. The van der Waals surface area contributed by atoms with Crippen molar-refractivity contribution in [2.75, 3.05) is 6.61 Å². The Bertz CT molecular complexity index is 1010. The van der Waals surface area contributed by atoms with Gasteiger partial charge in [0.05, 0.1) is 17.0 Å². The summed E-state index contributed by atoms with van der Waals surface area (Å²) in [6.45, 7) is 1.52. The Hall–Kier alpha value is -4.06. The van der Waals surface area contributed by atoms with Crippen LogP contribution in [0.5, 0.6) is 5.75 Å². The van der Waals surface area contributed by atoms with Crippen molar-refractivity contribution in [3.05, 3.63) is 66.0 Å². The summed E-state index contributed by atoms with van der Waals surface area (Å²) in [5, 5.41) is 24.1. The summed E-state index contributed by atoms with van der Waals surface area (Å²) < 4.78 is 6.89. The third-order valence-corrected chi connectivity index (χ3v) is 3.59. The van der Waals surface area contributed by atoms with E-state index >= 15 is 0 Å². The molecule has 0 fully saturated rings. The number of aromatic nitrogens is 4. The maximum atomic E-state index is 11.9. The minimum absolute atomic E-state index is 0.250. The Kier molecular flexibility index (Phi) is 5.49. The van der Waals surface area contributed by atoms with E-state index in [0.29, 0.717) is 17.0 Å². The quantitative estimate of drug-likeness (QED) is 0.524. The van der Waals surface area contributed by atoms with Crippen molar-refractivity contribution in [2.45, 2.75) is 6.92 Å². The molecule has 2 aromatic carbocycles. The van der Waals surface area contributed by atoms with Gasteiger partial charge in [-0.2, -0.15) is 10.4 Å². The van der Waals surface area contributed by atoms with Crippen LogP contribution < -0.4 is 10.2 Å². The molecule has 27 heavy (non-hydrogen) atoms. The van der Waals surface area contributed by atoms with Gasteiger partial charge in [0.1, 0.15) is 18.1 Å². The van der Waals surface area contributed by atoms with Crippen molar-refractivity contribution in [3.8, 4) is 17.5 Å². The van der Waals surface area contributed by atoms with Gasteiger partial charge in [-0.05, 0) is 47.2 Å². The molecule has 134 valence electrons. The number of nitrogens with zero attached hydrogens (tertiary/aromatic N) is 6. The molecular weight excluding hydrogens is 346 g/mol. The van der Waals surface area contributed by atoms with Gasteiger partial charge in [-0.25, -0.2) is 10.1 Å². The fourth-order valence-corrected chi connectivity index (χ4v) is 2.22. The predicted molar refractivity (Wildman–Crippen MR) is 96.2 cm³/mol. The minimum atomic E-state index is -0.432. The predicted octanol–water partition coefficient (Wildman–Crippen LogP) is 1.45. The third kappa shape index (κ3) is 4.52. The monoisotopic (exact) mass is 361 g/mol. The molecule has 1 N–H and O–H groups in total. The first-order valence-electron chi connectivity index (χ1n) is 7.96. The molecule has 9 nitrogen and oxygen atoms in total. The second kappa shape index (κ2) is 8.35. The highest BCUT2D eigenvalue weighted by Gasteiger charge is 2.07. The van der Waals surface area contributed by atoms with E-state index in [0.717, 1.165) is 11.3 Å². The summed E-state index contributed by atoms with van der Waals surface area (Å²) in [6, 6.07) is 16.1. The number of carbonyl (C=O) groups excluding carboxylic acids is 1. The maximum absolute atomic E-state index is 11.9. The lowest BCUT2D eigenvalue weighted by Crippen LogP contribution is -2.25. The molecule has 0 radical (unpaired) electrons. The lowest BCUT2D eigenvalue weighted by molar-refractivity contribution is -0.123. The van der Waals surface area contributed by atoms with E-state index in [2.05, 4.69) is 26.1 Å². The van der Waals surface area contributed by atoms with Crippen LogP contribution in [-0.2, 0) is 4.79 Å². The Balaban J connectivity index is 1.61. The molecule has 0 aliphatic rings. The molecule has 3 aromatic rings. The molecule has 9 heteroatoms. The number of para-hydroxylation sites is 1. The minimum Gasteiger partial charge on any atom is -0.482 e. The van der Waals surface area contributed by atoms with Crippen molar-refractivity contribution in [1.82, 2.24) is 25.6 Å². The van der Waals surface area contributed by atoms with Gasteiger partial charge in [-0.1, -0.05) is 24.3 Å². The number of hydrogen-bond acceptors (Lipinski definition) is 7. The first-order valence-corrected chi connectivity index (χ1v) is 7.96. The second-order valence-electron chi connectivity index (χ2n) is 5.43. The van der Waals surface area contributed by atoms with Crippen LogP contribution >= 0.6 is 0 Å². The van der Waals surface area contributed by atoms with Crippen LogP contribution in [0.15, 0.2) is 60.0 Å². The highest BCUT2D eigenvalue weighted by atomic mass is 16.5. The summed E-state index contributed by atoms with van der Waals surface area (Å²) in [4.78, 5) is 11.9. The zero-order valence-corrected chi connectivity index (χ0v) is 14.4. The van der Waals surface area contributed by atoms with Gasteiger partial charge in [0.25, 0.3) is 5.91 Å². The number of carbonyl (C=O) groups is 1. The van der Waals surface area contributed by atoms with E-state index in [9.17, 15) is 4.79 Å². The lowest BCUT2D eigenvalue weighted by atomic mass is 10.1. The van der Waals surface area contributed by atoms with Gasteiger partial charge in [0.15, 0.2) is 6.61 Å². The Morgan fingerprint density at radius 2 is 2.15 bits per heavy atom. The number of hydrogen-bond donors (Lipinski definition) is 1.